The predicted octanol–water partition coefficient (Wildman–Crippen LogP) is 4.84. The predicted molar refractivity (Wildman–Crippen MR) is 143 cm³/mol. The maximum atomic E-state index is 12.7. The van der Waals surface area contributed by atoms with E-state index in [4.69, 9.17) is 0 Å². The molecule has 176 valence electrons. The molecule has 0 N–H and O–H groups in total. The zero-order valence-electron chi connectivity index (χ0n) is 18.6. The van der Waals surface area contributed by atoms with E-state index in [0.717, 1.165) is 16.0 Å². The van der Waals surface area contributed by atoms with E-state index in [1.165, 1.54) is 0 Å². The Labute approximate surface area is 219 Å². The van der Waals surface area contributed by atoms with Crippen molar-refractivity contribution in [3.63, 3.8) is 0 Å². The van der Waals surface area contributed by atoms with Crippen molar-refractivity contribution in [2.75, 3.05) is 0 Å². The Morgan fingerprint density at radius 3 is 1.13 bits per heavy atom. The molecular weight excluding hydrogens is 633 g/mol. The van der Waals surface area contributed by atoms with Gasteiger partial charge >= 0.3 is 221 Å². The summed E-state index contributed by atoms with van der Waals surface area (Å²) in [6.07, 6.45) is 1.76. The second kappa shape index (κ2) is 18.0. The number of carbonyl (C=O) groups is 3. The monoisotopic (exact) mass is 674 g/mol. The molecule has 0 aromatic carbocycles. The first-order valence-corrected chi connectivity index (χ1v) is 19.1. The van der Waals surface area contributed by atoms with E-state index < -0.39 is 5.41 Å². The molecule has 0 amide bonds. The fourth-order valence-corrected chi connectivity index (χ4v) is 9.61. The van der Waals surface area contributed by atoms with E-state index in [0.29, 0.717) is 57.4 Å². The van der Waals surface area contributed by atoms with Crippen LogP contribution in [0.3, 0.4) is 0 Å². The third-order valence-corrected chi connectivity index (χ3v) is 14.5. The van der Waals surface area contributed by atoms with Gasteiger partial charge in [0.2, 0.25) is 0 Å². The molecule has 9 heteroatoms. The molecule has 0 aliphatic heterocycles. The van der Waals surface area contributed by atoms with Crippen molar-refractivity contribution in [3.05, 3.63) is 0 Å². The number of rotatable bonds is 19. The molecule has 0 aliphatic rings. The van der Waals surface area contributed by atoms with Gasteiger partial charge in [0.05, 0.1) is 0 Å². The number of ketones is 3. The minimum absolute atomic E-state index is 0.204. The van der Waals surface area contributed by atoms with Gasteiger partial charge in [-0.05, 0) is 0 Å². The van der Waals surface area contributed by atoms with Gasteiger partial charge < -0.3 is 0 Å². The number of Topliss-reactive ketones (excluding diaryl/α,β-unsaturated/α-hetero) is 3. The first-order chi connectivity index (χ1) is 14.0. The van der Waals surface area contributed by atoms with Gasteiger partial charge in [-0.15, -0.1) is 0 Å². The van der Waals surface area contributed by atoms with Gasteiger partial charge in [0.15, 0.2) is 0 Å². The third-order valence-electron chi connectivity index (χ3n) is 4.33. The molecule has 3 nitrogen and oxygen atoms in total. The molecule has 3 atom stereocenters. The van der Waals surface area contributed by atoms with Gasteiger partial charge in [-0.3, -0.25) is 0 Å². The van der Waals surface area contributed by atoms with Crippen LogP contribution in [0.2, 0.25) is 31.9 Å². The van der Waals surface area contributed by atoms with Crippen LogP contribution in [-0.4, -0.2) is 78.0 Å². The Hall–Kier alpha value is 1.62. The summed E-state index contributed by atoms with van der Waals surface area (Å²) in [5.74, 6) is 0.612. The quantitative estimate of drug-likeness (QED) is 0.136. The molecule has 0 heterocycles. The Bertz CT molecular complexity index is 460. The van der Waals surface area contributed by atoms with Crippen molar-refractivity contribution < 1.29 is 14.4 Å². The molecule has 0 saturated heterocycles. The Morgan fingerprint density at radius 1 is 0.667 bits per heavy atom. The zero-order chi connectivity index (χ0) is 23.2. The van der Waals surface area contributed by atoms with Crippen LogP contribution in [0.25, 0.3) is 0 Å². The standard InChI is InChI=1S/C21H38O3S3Se3/c1-5-21(6-18(22)12-28-9-15(2)25,7-19(23)13-29-10-16(3)26)8-20(24)14-30-11-17(4)27/h15-17,25-27H,5-14H2,1-4H3. The van der Waals surface area contributed by atoms with E-state index in [9.17, 15) is 14.4 Å². The van der Waals surface area contributed by atoms with Crippen LogP contribution in [0.5, 0.6) is 0 Å². The van der Waals surface area contributed by atoms with Crippen molar-refractivity contribution in [1.82, 2.24) is 0 Å². The molecular formula is C21H38O3S3Se3. The summed E-state index contributed by atoms with van der Waals surface area (Å²) in [4.78, 5) is 38.2. The number of hydrogen-bond donors (Lipinski definition) is 3. The maximum absolute atomic E-state index is 12.7. The van der Waals surface area contributed by atoms with Gasteiger partial charge in [-0.1, -0.05) is 0 Å². The summed E-state index contributed by atoms with van der Waals surface area (Å²) in [6.45, 7) is 8.16. The first-order valence-electron chi connectivity index (χ1n) is 10.3. The summed E-state index contributed by atoms with van der Waals surface area (Å²) in [7, 11) is 0. The summed E-state index contributed by atoms with van der Waals surface area (Å²) >= 11 is 13.9. The van der Waals surface area contributed by atoms with Crippen LogP contribution >= 0.6 is 37.9 Å². The van der Waals surface area contributed by atoms with Crippen LogP contribution in [0, 0.1) is 5.41 Å². The van der Waals surface area contributed by atoms with Gasteiger partial charge in [-0.25, -0.2) is 0 Å². The topological polar surface area (TPSA) is 51.2 Å². The fourth-order valence-electron chi connectivity index (χ4n) is 3.00. The van der Waals surface area contributed by atoms with Crippen LogP contribution in [0.1, 0.15) is 53.4 Å². The van der Waals surface area contributed by atoms with Crippen molar-refractivity contribution in [1.29, 1.82) is 0 Å². The third kappa shape index (κ3) is 17.1. The van der Waals surface area contributed by atoms with E-state index in [1.54, 1.807) is 0 Å². The SMILES string of the molecule is CCC(CC(=O)C[Se]CC(C)S)(CC(=O)C[Se]CC(C)S)CC(=O)C[Se]CC(C)S. The van der Waals surface area contributed by atoms with Crippen LogP contribution in [-0.2, 0) is 14.4 Å². The fraction of sp³-hybridized carbons (Fsp3) is 0.857. The van der Waals surface area contributed by atoms with E-state index >= 15 is 0 Å². The number of carbonyl (C=O) groups excluding carboxylic acids is 3. The Morgan fingerprint density at radius 2 is 0.933 bits per heavy atom. The van der Waals surface area contributed by atoms with E-state index in [2.05, 4.69) is 37.9 Å². The van der Waals surface area contributed by atoms with Crippen LogP contribution in [0.15, 0.2) is 0 Å². The van der Waals surface area contributed by atoms with E-state index in [1.807, 2.05) is 27.7 Å². The Balaban J connectivity index is 5.05. The molecule has 0 aromatic rings. The van der Waals surface area contributed by atoms with Crippen molar-refractivity contribution >= 4 is 100 Å². The first kappa shape index (κ1) is 31.6. The van der Waals surface area contributed by atoms with Crippen LogP contribution < -0.4 is 0 Å². The molecule has 0 rings (SSSR count). The normalized spacial score (nSPS) is 16.5. The summed E-state index contributed by atoms with van der Waals surface area (Å²) in [5, 5.41) is 5.55. The molecule has 0 fully saturated rings. The van der Waals surface area contributed by atoms with Crippen molar-refractivity contribution in [2.45, 2.75) is 101 Å². The summed E-state index contributed by atoms with van der Waals surface area (Å²) in [5.41, 5.74) is -0.501. The number of hydrogen-bond acceptors (Lipinski definition) is 6. The summed E-state index contributed by atoms with van der Waals surface area (Å²) < 4.78 is 0. The molecule has 0 bridgehead atoms. The molecule has 30 heavy (non-hydrogen) atoms. The van der Waals surface area contributed by atoms with Gasteiger partial charge in [-0.2, -0.15) is 0 Å². The van der Waals surface area contributed by atoms with Gasteiger partial charge in [0, 0.05) is 0 Å². The average molecular weight is 672 g/mol. The van der Waals surface area contributed by atoms with Crippen molar-refractivity contribution in [2.24, 2.45) is 5.41 Å². The van der Waals surface area contributed by atoms with E-state index in [-0.39, 0.29) is 62.2 Å². The second-order valence-corrected chi connectivity index (χ2v) is 17.2. The molecule has 0 spiro atoms. The molecule has 0 radical (unpaired) electrons. The van der Waals surface area contributed by atoms with Gasteiger partial charge in [0.1, 0.15) is 0 Å². The second-order valence-electron chi connectivity index (χ2n) is 8.09. The van der Waals surface area contributed by atoms with Gasteiger partial charge in [0.25, 0.3) is 0 Å². The molecule has 0 saturated carbocycles. The number of thiol groups is 3. The molecule has 3 unspecified atom stereocenters. The Kier molecular flexibility index (Phi) is 19.0. The average Bonchev–Trinajstić information content (AvgIpc) is 2.60. The van der Waals surface area contributed by atoms with Crippen LogP contribution in [0.4, 0.5) is 0 Å². The molecule has 0 aliphatic carbocycles. The zero-order valence-corrected chi connectivity index (χ0v) is 26.4. The minimum atomic E-state index is -0.501. The summed E-state index contributed by atoms with van der Waals surface area (Å²) in [6, 6.07) is 0. The van der Waals surface area contributed by atoms with Crippen molar-refractivity contribution in [3.8, 4) is 0 Å². The molecule has 0 aromatic heterocycles.